The van der Waals surface area contributed by atoms with Gasteiger partial charge in [0, 0.05) is 0 Å². The number of nitrogens with one attached hydrogen (secondary N) is 2. The van der Waals surface area contributed by atoms with Crippen LogP contribution in [-0.4, -0.2) is 30.1 Å². The lowest BCUT2D eigenvalue weighted by Gasteiger charge is -2.10. The smallest absolute Gasteiger partial charge is 0.280 e. The fraction of sp³-hybridized carbons (Fsp3) is 0.267. The molecule has 23 heavy (non-hydrogen) atoms. The predicted octanol–water partition coefficient (Wildman–Crippen LogP) is 2.78. The van der Waals surface area contributed by atoms with Crippen LogP contribution in [0.15, 0.2) is 38.8 Å². The van der Waals surface area contributed by atoms with E-state index in [4.69, 9.17) is 9.47 Å². The maximum absolute atomic E-state index is 11.4. The first kappa shape index (κ1) is 17.0. The zero-order valence-corrected chi connectivity index (χ0v) is 14.4. The van der Waals surface area contributed by atoms with Crippen molar-refractivity contribution in [3.8, 4) is 11.5 Å². The van der Waals surface area contributed by atoms with E-state index in [9.17, 15) is 4.79 Å². The van der Waals surface area contributed by atoms with Crippen molar-refractivity contribution in [2.24, 2.45) is 5.10 Å². The van der Waals surface area contributed by atoms with Gasteiger partial charge in [-0.1, -0.05) is 6.92 Å². The number of benzene rings is 1. The van der Waals surface area contributed by atoms with Gasteiger partial charge in [0.05, 0.1) is 31.8 Å². The lowest BCUT2D eigenvalue weighted by molar-refractivity contribution is 0.294. The topological polar surface area (TPSA) is 88.6 Å². The molecular formula is C15H17BrN4O3. The molecule has 1 heterocycles. The van der Waals surface area contributed by atoms with Crippen LogP contribution in [0.2, 0.25) is 0 Å². The number of aromatic nitrogens is 2. The third kappa shape index (κ3) is 4.56. The van der Waals surface area contributed by atoms with Crippen molar-refractivity contribution < 1.29 is 9.47 Å². The first-order valence-corrected chi connectivity index (χ1v) is 7.78. The van der Waals surface area contributed by atoms with Crippen LogP contribution >= 0.6 is 15.9 Å². The minimum Gasteiger partial charge on any atom is -0.493 e. The van der Waals surface area contributed by atoms with Crippen LogP contribution in [-0.2, 0) is 0 Å². The van der Waals surface area contributed by atoms with Gasteiger partial charge in [-0.05, 0) is 46.1 Å². The lowest BCUT2D eigenvalue weighted by atomic mass is 10.2. The fourth-order valence-electron chi connectivity index (χ4n) is 1.73. The van der Waals surface area contributed by atoms with Crippen molar-refractivity contribution in [1.29, 1.82) is 0 Å². The second-order valence-corrected chi connectivity index (χ2v) is 5.35. The molecule has 0 aliphatic carbocycles. The van der Waals surface area contributed by atoms with Gasteiger partial charge in [-0.15, -0.1) is 0 Å². The Morgan fingerprint density at radius 2 is 2.26 bits per heavy atom. The average molecular weight is 381 g/mol. The summed E-state index contributed by atoms with van der Waals surface area (Å²) in [6, 6.07) is 5.52. The Hall–Kier alpha value is -2.35. The van der Waals surface area contributed by atoms with E-state index in [2.05, 4.69) is 36.7 Å². The largest absolute Gasteiger partial charge is 0.493 e. The molecule has 0 spiro atoms. The van der Waals surface area contributed by atoms with Crippen LogP contribution in [0.25, 0.3) is 0 Å². The van der Waals surface area contributed by atoms with Crippen molar-refractivity contribution in [3.63, 3.8) is 0 Å². The summed E-state index contributed by atoms with van der Waals surface area (Å²) in [4.78, 5) is 11.4. The summed E-state index contributed by atoms with van der Waals surface area (Å²) in [7, 11) is 1.59. The van der Waals surface area contributed by atoms with E-state index in [1.54, 1.807) is 13.3 Å². The molecule has 1 aromatic carbocycles. The number of nitrogens with zero attached hydrogens (tertiary/aromatic N) is 2. The summed E-state index contributed by atoms with van der Waals surface area (Å²) in [5.41, 5.74) is 3.73. The Bertz CT molecular complexity index is 746. The molecule has 0 aliphatic rings. The van der Waals surface area contributed by atoms with Crippen LogP contribution in [0.1, 0.15) is 18.9 Å². The Labute approximate surface area is 141 Å². The number of methoxy groups -OCH3 is 1. The first-order valence-electron chi connectivity index (χ1n) is 6.98. The molecule has 122 valence electrons. The molecule has 1 aromatic heterocycles. The molecule has 0 saturated heterocycles. The zero-order chi connectivity index (χ0) is 16.7. The predicted molar refractivity (Wildman–Crippen MR) is 92.6 cm³/mol. The Kier molecular flexibility index (Phi) is 6.16. The SMILES string of the molecule is CCCOc1ccc(/C=N/Nc2cn[nH]c(=O)c2Br)cc1OC. The van der Waals surface area contributed by atoms with Crippen molar-refractivity contribution >= 4 is 27.8 Å². The standard InChI is InChI=1S/C15H17BrN4O3/c1-3-6-23-12-5-4-10(7-13(12)22-2)8-17-19-11-9-18-20-15(21)14(11)16/h4-5,7-9H,3,6H2,1-2H3,(H2,19,20,21)/b17-8+. The summed E-state index contributed by atoms with van der Waals surface area (Å²) >= 11 is 3.17. The Morgan fingerprint density at radius 3 is 3.00 bits per heavy atom. The molecule has 0 fully saturated rings. The number of hydrogen-bond donors (Lipinski definition) is 2. The van der Waals surface area contributed by atoms with Crippen LogP contribution in [0.4, 0.5) is 5.69 Å². The van der Waals surface area contributed by atoms with Gasteiger partial charge in [0.25, 0.3) is 5.56 Å². The second kappa shape index (κ2) is 8.33. The average Bonchev–Trinajstić information content (AvgIpc) is 2.57. The second-order valence-electron chi connectivity index (χ2n) is 4.56. The van der Waals surface area contributed by atoms with Gasteiger partial charge in [0.2, 0.25) is 0 Å². The third-order valence-corrected chi connectivity index (χ3v) is 3.63. The molecule has 2 N–H and O–H groups in total. The molecule has 0 amide bonds. The molecule has 0 unspecified atom stereocenters. The highest BCUT2D eigenvalue weighted by atomic mass is 79.9. The number of hydrazone groups is 1. The molecule has 8 heteroatoms. The number of ether oxygens (including phenoxy) is 2. The normalized spacial score (nSPS) is 10.7. The van der Waals surface area contributed by atoms with Crippen LogP contribution in [0.5, 0.6) is 11.5 Å². The van der Waals surface area contributed by atoms with Gasteiger partial charge in [-0.2, -0.15) is 10.2 Å². The van der Waals surface area contributed by atoms with Crippen LogP contribution < -0.4 is 20.5 Å². The first-order chi connectivity index (χ1) is 11.2. The molecule has 0 aliphatic heterocycles. The minimum atomic E-state index is -0.329. The lowest BCUT2D eigenvalue weighted by Crippen LogP contribution is -2.10. The van der Waals surface area contributed by atoms with Crippen molar-refractivity contribution in [2.75, 3.05) is 19.1 Å². The summed E-state index contributed by atoms with van der Waals surface area (Å²) in [6.07, 6.45) is 4.00. The highest BCUT2D eigenvalue weighted by molar-refractivity contribution is 9.10. The van der Waals surface area contributed by atoms with E-state index in [-0.39, 0.29) is 5.56 Å². The fourth-order valence-corrected chi connectivity index (χ4v) is 2.01. The molecule has 0 atom stereocenters. The highest BCUT2D eigenvalue weighted by Crippen LogP contribution is 2.27. The van der Waals surface area contributed by atoms with E-state index in [1.165, 1.54) is 6.20 Å². The van der Waals surface area contributed by atoms with Gasteiger partial charge in [0.15, 0.2) is 11.5 Å². The van der Waals surface area contributed by atoms with Gasteiger partial charge < -0.3 is 9.47 Å². The quantitative estimate of drug-likeness (QED) is 0.569. The van der Waals surface area contributed by atoms with Gasteiger partial charge >= 0.3 is 0 Å². The van der Waals surface area contributed by atoms with Gasteiger partial charge in [-0.3, -0.25) is 10.2 Å². The highest BCUT2D eigenvalue weighted by Gasteiger charge is 2.05. The van der Waals surface area contributed by atoms with Crippen molar-refractivity contribution in [2.45, 2.75) is 13.3 Å². The van der Waals surface area contributed by atoms with E-state index >= 15 is 0 Å². The number of hydrogen-bond acceptors (Lipinski definition) is 6. The van der Waals surface area contributed by atoms with Crippen LogP contribution in [0, 0.1) is 0 Å². The number of rotatable bonds is 7. The monoisotopic (exact) mass is 380 g/mol. The maximum atomic E-state index is 11.4. The van der Waals surface area contributed by atoms with Crippen molar-refractivity contribution in [3.05, 3.63) is 44.8 Å². The number of halogens is 1. The third-order valence-electron chi connectivity index (χ3n) is 2.84. The van der Waals surface area contributed by atoms with E-state index < -0.39 is 0 Å². The Balaban J connectivity index is 2.10. The van der Waals surface area contributed by atoms with E-state index in [1.807, 2.05) is 25.1 Å². The Morgan fingerprint density at radius 1 is 1.43 bits per heavy atom. The summed E-state index contributed by atoms with van der Waals surface area (Å²) in [6.45, 7) is 2.68. The zero-order valence-electron chi connectivity index (χ0n) is 12.8. The van der Waals surface area contributed by atoms with E-state index in [0.717, 1.165) is 12.0 Å². The van der Waals surface area contributed by atoms with Crippen molar-refractivity contribution in [1.82, 2.24) is 10.2 Å². The molecule has 2 aromatic rings. The number of H-pyrrole nitrogens is 1. The maximum Gasteiger partial charge on any atom is 0.280 e. The number of anilines is 1. The van der Waals surface area contributed by atoms with Crippen LogP contribution in [0.3, 0.4) is 0 Å². The molecule has 2 rings (SSSR count). The summed E-state index contributed by atoms with van der Waals surface area (Å²) in [5, 5.41) is 10.1. The summed E-state index contributed by atoms with van der Waals surface area (Å²) < 4.78 is 11.2. The van der Waals surface area contributed by atoms with Gasteiger partial charge in [0.1, 0.15) is 4.47 Å². The molecule has 0 bridgehead atoms. The molecular weight excluding hydrogens is 364 g/mol. The number of aromatic amines is 1. The summed E-state index contributed by atoms with van der Waals surface area (Å²) in [5.74, 6) is 1.34. The minimum absolute atomic E-state index is 0.329. The van der Waals surface area contributed by atoms with Gasteiger partial charge in [-0.25, -0.2) is 5.10 Å². The molecule has 0 radical (unpaired) electrons. The van der Waals surface area contributed by atoms with E-state index in [0.29, 0.717) is 28.3 Å². The molecule has 0 saturated carbocycles. The molecule has 7 nitrogen and oxygen atoms in total.